The Morgan fingerprint density at radius 3 is 2.25 bits per heavy atom. The van der Waals surface area contributed by atoms with E-state index in [1.54, 1.807) is 6.07 Å². The van der Waals surface area contributed by atoms with Crippen molar-refractivity contribution in [3.05, 3.63) is 100 Å². The van der Waals surface area contributed by atoms with Gasteiger partial charge in [0, 0.05) is 22.7 Å². The predicted octanol–water partition coefficient (Wildman–Crippen LogP) is 5.31. The molecule has 0 bridgehead atoms. The van der Waals surface area contributed by atoms with E-state index in [9.17, 15) is 4.79 Å². The van der Waals surface area contributed by atoms with Crippen molar-refractivity contribution in [2.24, 2.45) is 5.92 Å². The van der Waals surface area contributed by atoms with E-state index in [1.165, 1.54) is 0 Å². The molecule has 140 valence electrons. The van der Waals surface area contributed by atoms with Gasteiger partial charge in [0.05, 0.1) is 17.8 Å². The van der Waals surface area contributed by atoms with Gasteiger partial charge in [0.15, 0.2) is 0 Å². The highest BCUT2D eigenvalue weighted by atomic mass is 16.1. The minimum Gasteiger partial charge on any atom is -0.304 e. The summed E-state index contributed by atoms with van der Waals surface area (Å²) >= 11 is 0. The summed E-state index contributed by atoms with van der Waals surface area (Å²) in [5.74, 6) is 0.492. The van der Waals surface area contributed by atoms with Crippen LogP contribution in [0, 0.1) is 5.92 Å². The fraction of sp³-hybridized carbons (Fsp3) is 0.200. The van der Waals surface area contributed by atoms with Gasteiger partial charge in [0.25, 0.3) is 5.56 Å². The van der Waals surface area contributed by atoms with Crippen molar-refractivity contribution >= 4 is 10.9 Å². The number of aromatic nitrogens is 2. The number of rotatable bonds is 5. The largest absolute Gasteiger partial charge is 0.304 e. The number of hydrogen-bond donors (Lipinski definition) is 0. The Hall–Kier alpha value is -3.20. The van der Waals surface area contributed by atoms with Crippen LogP contribution in [-0.4, -0.2) is 9.55 Å². The molecule has 0 amide bonds. The second kappa shape index (κ2) is 7.81. The van der Waals surface area contributed by atoms with Crippen molar-refractivity contribution in [1.29, 1.82) is 0 Å². The van der Waals surface area contributed by atoms with E-state index in [2.05, 4.69) is 44.2 Å². The van der Waals surface area contributed by atoms with Crippen molar-refractivity contribution in [1.82, 2.24) is 9.55 Å². The molecular weight excluding hydrogens is 344 g/mol. The highest BCUT2D eigenvalue weighted by Gasteiger charge is 2.13. The molecule has 3 nitrogen and oxygen atoms in total. The summed E-state index contributed by atoms with van der Waals surface area (Å²) in [6.07, 6.45) is 0.879. The van der Waals surface area contributed by atoms with Crippen LogP contribution in [0.1, 0.15) is 25.1 Å². The fourth-order valence-electron chi connectivity index (χ4n) is 3.61. The Kier molecular flexibility index (Phi) is 5.07. The summed E-state index contributed by atoms with van der Waals surface area (Å²) in [6, 6.07) is 26.0. The smallest absolute Gasteiger partial charge is 0.251 e. The molecule has 3 heteroatoms. The SMILES string of the molecule is CC(C)Cc1cc2c(ccc(=O)n2Cc2ccccc2)c(-c2ccccc2)n1. The quantitative estimate of drug-likeness (QED) is 0.478. The van der Waals surface area contributed by atoms with Crippen LogP contribution in [-0.2, 0) is 13.0 Å². The van der Waals surface area contributed by atoms with Crippen molar-refractivity contribution in [3.8, 4) is 11.3 Å². The molecule has 28 heavy (non-hydrogen) atoms. The maximum atomic E-state index is 12.8. The molecule has 0 N–H and O–H groups in total. The lowest BCUT2D eigenvalue weighted by Gasteiger charge is -2.15. The molecule has 4 aromatic rings. The molecule has 0 aliphatic rings. The molecule has 0 radical (unpaired) electrons. The second-order valence-electron chi connectivity index (χ2n) is 7.60. The Morgan fingerprint density at radius 2 is 1.57 bits per heavy atom. The van der Waals surface area contributed by atoms with Crippen LogP contribution in [0.4, 0.5) is 0 Å². The minimum atomic E-state index is 0.0112. The van der Waals surface area contributed by atoms with Crippen LogP contribution < -0.4 is 5.56 Å². The topological polar surface area (TPSA) is 34.9 Å². The predicted molar refractivity (Wildman–Crippen MR) is 116 cm³/mol. The maximum Gasteiger partial charge on any atom is 0.251 e. The molecule has 0 aliphatic heterocycles. The van der Waals surface area contributed by atoms with Crippen LogP contribution >= 0.6 is 0 Å². The normalized spacial score (nSPS) is 11.2. The Morgan fingerprint density at radius 1 is 0.893 bits per heavy atom. The van der Waals surface area contributed by atoms with Gasteiger partial charge in [0.2, 0.25) is 0 Å². The van der Waals surface area contributed by atoms with Gasteiger partial charge in [0.1, 0.15) is 0 Å². The van der Waals surface area contributed by atoms with Crippen molar-refractivity contribution in [3.63, 3.8) is 0 Å². The van der Waals surface area contributed by atoms with Gasteiger partial charge >= 0.3 is 0 Å². The number of benzene rings is 2. The molecule has 0 aliphatic carbocycles. The molecular formula is C25H24N2O. The van der Waals surface area contributed by atoms with Gasteiger partial charge in [-0.3, -0.25) is 9.78 Å². The van der Waals surface area contributed by atoms with Crippen molar-refractivity contribution in [2.45, 2.75) is 26.8 Å². The third-order valence-corrected chi connectivity index (χ3v) is 4.89. The molecule has 0 spiro atoms. The number of pyridine rings is 2. The minimum absolute atomic E-state index is 0.0112. The molecule has 4 rings (SSSR count). The van der Waals surface area contributed by atoms with Crippen molar-refractivity contribution < 1.29 is 0 Å². The summed E-state index contributed by atoms with van der Waals surface area (Å²) in [4.78, 5) is 17.7. The third kappa shape index (κ3) is 3.74. The summed E-state index contributed by atoms with van der Waals surface area (Å²) in [5, 5.41) is 1.01. The van der Waals surface area contributed by atoms with E-state index in [-0.39, 0.29) is 5.56 Å². The number of nitrogens with zero attached hydrogens (tertiary/aromatic N) is 2. The number of fused-ring (bicyclic) bond motifs is 1. The van der Waals surface area contributed by atoms with Gasteiger partial charge in [-0.1, -0.05) is 74.5 Å². The molecule has 0 unspecified atom stereocenters. The molecule has 0 atom stereocenters. The van der Waals surface area contributed by atoms with Crippen LogP contribution in [0.25, 0.3) is 22.2 Å². The molecule has 0 saturated carbocycles. The Balaban J connectivity index is 1.97. The summed E-state index contributed by atoms with van der Waals surface area (Å²) < 4.78 is 1.86. The van der Waals surface area contributed by atoms with E-state index in [0.29, 0.717) is 12.5 Å². The standard InChI is InChI=1S/C25H24N2O/c1-18(2)15-21-16-23-22(25(26-21)20-11-7-4-8-12-20)13-14-24(28)27(23)17-19-9-5-3-6-10-19/h3-14,16,18H,15,17H2,1-2H3. The summed E-state index contributed by atoms with van der Waals surface area (Å²) in [5.41, 5.74) is 5.10. The maximum absolute atomic E-state index is 12.8. The van der Waals surface area contributed by atoms with Gasteiger partial charge in [-0.05, 0) is 30.0 Å². The molecule has 2 aromatic heterocycles. The average Bonchev–Trinajstić information content (AvgIpc) is 2.71. The summed E-state index contributed by atoms with van der Waals surface area (Å²) in [6.45, 7) is 4.93. The third-order valence-electron chi connectivity index (χ3n) is 4.89. The van der Waals surface area contributed by atoms with Gasteiger partial charge < -0.3 is 4.57 Å². The lowest BCUT2D eigenvalue weighted by Crippen LogP contribution is -2.20. The lowest BCUT2D eigenvalue weighted by molar-refractivity contribution is 0.636. The molecule has 0 fully saturated rings. The lowest BCUT2D eigenvalue weighted by atomic mass is 10.0. The van der Waals surface area contributed by atoms with Crippen LogP contribution in [0.5, 0.6) is 0 Å². The zero-order valence-electron chi connectivity index (χ0n) is 16.3. The molecule has 0 saturated heterocycles. The van der Waals surface area contributed by atoms with Gasteiger partial charge in [-0.15, -0.1) is 0 Å². The average molecular weight is 368 g/mol. The van der Waals surface area contributed by atoms with E-state index in [0.717, 1.165) is 39.8 Å². The molecule has 2 heterocycles. The fourth-order valence-corrected chi connectivity index (χ4v) is 3.61. The zero-order chi connectivity index (χ0) is 19.5. The summed E-state index contributed by atoms with van der Waals surface area (Å²) in [7, 11) is 0. The van der Waals surface area contributed by atoms with E-state index in [1.807, 2.05) is 47.0 Å². The monoisotopic (exact) mass is 368 g/mol. The van der Waals surface area contributed by atoms with Gasteiger partial charge in [-0.2, -0.15) is 0 Å². The van der Waals surface area contributed by atoms with Crippen LogP contribution in [0.15, 0.2) is 83.7 Å². The highest BCUT2D eigenvalue weighted by molar-refractivity contribution is 5.93. The first kappa shape index (κ1) is 18.2. The zero-order valence-corrected chi connectivity index (χ0v) is 16.3. The van der Waals surface area contributed by atoms with E-state index < -0.39 is 0 Å². The first-order valence-electron chi connectivity index (χ1n) is 9.74. The van der Waals surface area contributed by atoms with Crippen molar-refractivity contribution in [2.75, 3.05) is 0 Å². The van der Waals surface area contributed by atoms with Crippen LogP contribution in [0.2, 0.25) is 0 Å². The first-order chi connectivity index (χ1) is 13.6. The number of hydrogen-bond acceptors (Lipinski definition) is 2. The molecule has 2 aromatic carbocycles. The highest BCUT2D eigenvalue weighted by Crippen LogP contribution is 2.28. The van der Waals surface area contributed by atoms with E-state index in [4.69, 9.17) is 4.98 Å². The van der Waals surface area contributed by atoms with Gasteiger partial charge in [-0.25, -0.2) is 0 Å². The second-order valence-corrected chi connectivity index (χ2v) is 7.60. The van der Waals surface area contributed by atoms with E-state index >= 15 is 0 Å². The van der Waals surface area contributed by atoms with Crippen LogP contribution in [0.3, 0.4) is 0 Å². The Bertz CT molecular complexity index is 1150. The Labute approximate surface area is 165 Å². The first-order valence-corrected chi connectivity index (χ1v) is 9.74.